The maximum absolute atomic E-state index is 12.6. The van der Waals surface area contributed by atoms with E-state index >= 15 is 0 Å². The molecule has 0 saturated heterocycles. The van der Waals surface area contributed by atoms with Crippen LogP contribution in [0, 0.1) is 13.8 Å². The summed E-state index contributed by atoms with van der Waals surface area (Å²) >= 11 is 0. The molecule has 1 amide bonds. The second-order valence-corrected chi connectivity index (χ2v) is 8.76. The Labute approximate surface area is 180 Å². The number of hydrogen-bond acceptors (Lipinski definition) is 5. The van der Waals surface area contributed by atoms with Crippen LogP contribution >= 0.6 is 0 Å². The lowest BCUT2D eigenvalue weighted by Gasteiger charge is -2.10. The van der Waals surface area contributed by atoms with E-state index in [2.05, 4.69) is 10.0 Å². The number of carbonyl (C=O) groups excluding carboxylic acids is 1. The van der Waals surface area contributed by atoms with Gasteiger partial charge in [0.2, 0.25) is 5.91 Å². The summed E-state index contributed by atoms with van der Waals surface area (Å²) in [4.78, 5) is 12.2. The molecule has 3 aromatic rings. The average molecular weight is 439 g/mol. The minimum absolute atomic E-state index is 0.0692. The Morgan fingerprint density at radius 3 is 2.10 bits per heavy atom. The summed E-state index contributed by atoms with van der Waals surface area (Å²) in [6.07, 6.45) is 2.74. The Kier molecular flexibility index (Phi) is 6.31. The molecule has 0 unspecified atom stereocenters. The van der Waals surface area contributed by atoms with Gasteiger partial charge >= 0.3 is 0 Å². The molecule has 0 aliphatic heterocycles. The fraction of sp³-hybridized carbons (Fsp3) is 0.0870. The summed E-state index contributed by atoms with van der Waals surface area (Å²) in [7, 11) is -3.77. The molecule has 0 atom stereocenters. The molecule has 0 heterocycles. The van der Waals surface area contributed by atoms with Crippen LogP contribution in [0.15, 0.2) is 71.6 Å². The Bertz CT molecular complexity index is 1230. The van der Waals surface area contributed by atoms with Crippen molar-refractivity contribution in [2.24, 2.45) is 0 Å². The van der Waals surface area contributed by atoms with E-state index in [0.29, 0.717) is 16.9 Å². The number of aromatic hydroxyl groups is 2. The second kappa shape index (κ2) is 8.93. The zero-order valence-corrected chi connectivity index (χ0v) is 17.8. The van der Waals surface area contributed by atoms with E-state index in [1.54, 1.807) is 18.2 Å². The van der Waals surface area contributed by atoms with Crippen LogP contribution in [0.5, 0.6) is 11.5 Å². The number of anilines is 2. The van der Waals surface area contributed by atoms with Gasteiger partial charge in [0.15, 0.2) is 11.5 Å². The summed E-state index contributed by atoms with van der Waals surface area (Å²) in [5.41, 5.74) is 3.34. The van der Waals surface area contributed by atoms with Crippen molar-refractivity contribution in [2.45, 2.75) is 18.7 Å². The molecule has 0 aromatic heterocycles. The summed E-state index contributed by atoms with van der Waals surface area (Å²) in [5.74, 6) is -0.964. The fourth-order valence-corrected chi connectivity index (χ4v) is 4.01. The van der Waals surface area contributed by atoms with Crippen molar-refractivity contribution in [1.82, 2.24) is 0 Å². The van der Waals surface area contributed by atoms with Gasteiger partial charge in [0, 0.05) is 17.5 Å². The first-order chi connectivity index (χ1) is 14.6. The highest BCUT2D eigenvalue weighted by molar-refractivity contribution is 7.92. The first-order valence-corrected chi connectivity index (χ1v) is 10.8. The van der Waals surface area contributed by atoms with Crippen molar-refractivity contribution in [3.05, 3.63) is 83.4 Å². The van der Waals surface area contributed by atoms with Crippen molar-refractivity contribution in [2.75, 3.05) is 10.0 Å². The summed E-state index contributed by atoms with van der Waals surface area (Å²) < 4.78 is 27.8. The minimum Gasteiger partial charge on any atom is -0.504 e. The number of sulfonamides is 1. The Morgan fingerprint density at radius 2 is 1.48 bits per heavy atom. The third kappa shape index (κ3) is 5.86. The van der Waals surface area contributed by atoms with Crippen molar-refractivity contribution in [1.29, 1.82) is 0 Å². The molecule has 0 fully saturated rings. The predicted molar refractivity (Wildman–Crippen MR) is 121 cm³/mol. The number of amides is 1. The summed E-state index contributed by atoms with van der Waals surface area (Å²) in [5, 5.41) is 21.4. The van der Waals surface area contributed by atoms with Gasteiger partial charge in [0.1, 0.15) is 0 Å². The molecule has 0 aliphatic carbocycles. The first-order valence-electron chi connectivity index (χ1n) is 9.35. The van der Waals surface area contributed by atoms with Crippen LogP contribution in [0.2, 0.25) is 0 Å². The number of hydrogen-bond donors (Lipinski definition) is 4. The van der Waals surface area contributed by atoms with Crippen molar-refractivity contribution in [3.8, 4) is 11.5 Å². The largest absolute Gasteiger partial charge is 0.504 e. The lowest BCUT2D eigenvalue weighted by atomic mass is 10.1. The molecule has 0 saturated carbocycles. The van der Waals surface area contributed by atoms with E-state index in [9.17, 15) is 23.4 Å². The number of carbonyl (C=O) groups is 1. The smallest absolute Gasteiger partial charge is 0.261 e. The van der Waals surface area contributed by atoms with Crippen molar-refractivity contribution < 1.29 is 23.4 Å². The molecule has 7 nitrogen and oxygen atoms in total. The summed E-state index contributed by atoms with van der Waals surface area (Å²) in [6.45, 7) is 3.78. The molecule has 8 heteroatoms. The van der Waals surface area contributed by atoms with E-state index in [0.717, 1.165) is 11.1 Å². The van der Waals surface area contributed by atoms with E-state index in [1.165, 1.54) is 48.6 Å². The lowest BCUT2D eigenvalue weighted by molar-refractivity contribution is -0.111. The Balaban J connectivity index is 1.66. The molecular formula is C23H22N2O5S. The molecule has 3 rings (SSSR count). The van der Waals surface area contributed by atoms with Crippen LogP contribution in [0.4, 0.5) is 11.4 Å². The van der Waals surface area contributed by atoms with Crippen LogP contribution in [0.3, 0.4) is 0 Å². The number of phenolic OH excluding ortho intramolecular Hbond substituents is 2. The van der Waals surface area contributed by atoms with Gasteiger partial charge in [-0.05, 0) is 85.1 Å². The highest BCUT2D eigenvalue weighted by atomic mass is 32.2. The van der Waals surface area contributed by atoms with Crippen LogP contribution in [0.25, 0.3) is 6.08 Å². The van der Waals surface area contributed by atoms with Gasteiger partial charge in [-0.3, -0.25) is 9.52 Å². The quantitative estimate of drug-likeness (QED) is 0.341. The van der Waals surface area contributed by atoms with Crippen molar-refractivity contribution in [3.63, 3.8) is 0 Å². The molecule has 4 N–H and O–H groups in total. The van der Waals surface area contributed by atoms with Crippen LogP contribution in [0.1, 0.15) is 16.7 Å². The second-order valence-electron chi connectivity index (χ2n) is 7.08. The normalized spacial score (nSPS) is 11.4. The standard InChI is InChI=1S/C23H22N2O5S/c1-15-11-16(2)13-19(12-15)25-31(29,30)20-7-5-18(6-8-20)24-23(28)10-4-17-3-9-21(26)22(27)14-17/h3-14,25-27H,1-2H3,(H,24,28)/b10-4+. The van der Waals surface area contributed by atoms with Gasteiger partial charge < -0.3 is 15.5 Å². The monoisotopic (exact) mass is 438 g/mol. The third-order valence-corrected chi connectivity index (χ3v) is 5.73. The highest BCUT2D eigenvalue weighted by Crippen LogP contribution is 2.25. The molecule has 160 valence electrons. The molecule has 0 bridgehead atoms. The van der Waals surface area contributed by atoms with Gasteiger partial charge in [0.25, 0.3) is 10.0 Å². The average Bonchev–Trinajstić information content (AvgIpc) is 2.68. The van der Waals surface area contributed by atoms with E-state index in [1.807, 2.05) is 19.9 Å². The Morgan fingerprint density at radius 1 is 0.839 bits per heavy atom. The molecule has 0 spiro atoms. The van der Waals surface area contributed by atoms with Gasteiger partial charge in [-0.1, -0.05) is 12.1 Å². The minimum atomic E-state index is -3.77. The summed E-state index contributed by atoms with van der Waals surface area (Å²) in [6, 6.07) is 15.4. The van der Waals surface area contributed by atoms with Gasteiger partial charge in [-0.2, -0.15) is 0 Å². The van der Waals surface area contributed by atoms with E-state index in [-0.39, 0.29) is 16.4 Å². The number of aryl methyl sites for hydroxylation is 2. The maximum Gasteiger partial charge on any atom is 0.261 e. The van der Waals surface area contributed by atoms with E-state index < -0.39 is 15.9 Å². The Hall–Kier alpha value is -3.78. The lowest BCUT2D eigenvalue weighted by Crippen LogP contribution is -2.13. The van der Waals surface area contributed by atoms with Gasteiger partial charge in [0.05, 0.1) is 4.90 Å². The molecule has 31 heavy (non-hydrogen) atoms. The zero-order chi connectivity index (χ0) is 22.6. The zero-order valence-electron chi connectivity index (χ0n) is 17.0. The van der Waals surface area contributed by atoms with Crippen LogP contribution in [-0.2, 0) is 14.8 Å². The maximum atomic E-state index is 12.6. The van der Waals surface area contributed by atoms with Gasteiger partial charge in [-0.15, -0.1) is 0 Å². The van der Waals surface area contributed by atoms with Crippen LogP contribution < -0.4 is 10.0 Å². The van der Waals surface area contributed by atoms with E-state index in [4.69, 9.17) is 0 Å². The van der Waals surface area contributed by atoms with Crippen molar-refractivity contribution >= 4 is 33.4 Å². The topological polar surface area (TPSA) is 116 Å². The molecule has 0 aliphatic rings. The highest BCUT2D eigenvalue weighted by Gasteiger charge is 2.14. The van der Waals surface area contributed by atoms with Crippen LogP contribution in [-0.4, -0.2) is 24.5 Å². The molecular weight excluding hydrogens is 416 g/mol. The number of benzene rings is 3. The predicted octanol–water partition coefficient (Wildman–Crippen LogP) is 4.17. The number of rotatable bonds is 6. The third-order valence-electron chi connectivity index (χ3n) is 4.33. The number of nitrogens with one attached hydrogen (secondary N) is 2. The number of phenols is 2. The molecule has 3 aromatic carbocycles. The fourth-order valence-electron chi connectivity index (χ4n) is 2.97. The van der Waals surface area contributed by atoms with Gasteiger partial charge in [-0.25, -0.2) is 8.42 Å². The SMILES string of the molecule is Cc1cc(C)cc(NS(=O)(=O)c2ccc(NC(=O)/C=C/c3ccc(O)c(O)c3)cc2)c1. The molecule has 0 radical (unpaired) electrons. The first kappa shape index (κ1) is 21.9.